The minimum absolute atomic E-state index is 0.641. The van der Waals surface area contributed by atoms with Crippen molar-refractivity contribution in [3.05, 3.63) is 36.3 Å². The third-order valence-electron chi connectivity index (χ3n) is 2.26. The van der Waals surface area contributed by atoms with Crippen molar-refractivity contribution in [2.75, 3.05) is 6.54 Å². The molecule has 0 bridgehead atoms. The average Bonchev–Trinajstić information content (AvgIpc) is 3.03. The van der Waals surface area contributed by atoms with Crippen LogP contribution in [0.5, 0.6) is 0 Å². The Morgan fingerprint density at radius 1 is 1.19 bits per heavy atom. The Morgan fingerprint density at radius 3 is 2.88 bits per heavy atom. The van der Waals surface area contributed by atoms with E-state index >= 15 is 0 Å². The van der Waals surface area contributed by atoms with Gasteiger partial charge in [0.15, 0.2) is 11.7 Å². The molecule has 3 heterocycles. The average molecular weight is 211 g/mol. The Bertz CT molecular complexity index is 554. The molecule has 0 spiro atoms. The van der Waals surface area contributed by atoms with Crippen LogP contribution in [0.3, 0.4) is 0 Å². The van der Waals surface area contributed by atoms with E-state index in [1.165, 1.54) is 0 Å². The molecule has 78 valence electrons. The van der Waals surface area contributed by atoms with Gasteiger partial charge < -0.3 is 4.98 Å². The Hall–Kier alpha value is -2.30. The van der Waals surface area contributed by atoms with Gasteiger partial charge in [0.1, 0.15) is 11.4 Å². The first-order valence-corrected chi connectivity index (χ1v) is 4.97. The number of aromatic nitrogens is 3. The van der Waals surface area contributed by atoms with Crippen molar-refractivity contribution in [3.63, 3.8) is 0 Å². The Kier molecular flexibility index (Phi) is 2.07. The molecule has 1 aliphatic heterocycles. The van der Waals surface area contributed by atoms with Gasteiger partial charge in [-0.3, -0.25) is 4.99 Å². The molecule has 0 radical (unpaired) electrons. The molecule has 16 heavy (non-hydrogen) atoms. The smallest absolute Gasteiger partial charge is 0.173 e. The summed E-state index contributed by atoms with van der Waals surface area (Å²) in [4.78, 5) is 20.0. The number of H-pyrrole nitrogens is 1. The molecule has 0 aliphatic carbocycles. The quantitative estimate of drug-likeness (QED) is 0.813. The Balaban J connectivity index is 2.03. The Morgan fingerprint density at radius 2 is 2.12 bits per heavy atom. The van der Waals surface area contributed by atoms with E-state index in [1.54, 1.807) is 18.6 Å². The lowest BCUT2D eigenvalue weighted by molar-refractivity contribution is 1.20. The van der Waals surface area contributed by atoms with Crippen LogP contribution >= 0.6 is 0 Å². The van der Waals surface area contributed by atoms with Crippen molar-refractivity contribution in [3.8, 4) is 11.5 Å². The number of pyridine rings is 1. The molecule has 5 heteroatoms. The summed E-state index contributed by atoms with van der Waals surface area (Å²) in [6.07, 6.45) is 5.25. The molecule has 0 saturated heterocycles. The normalized spacial score (nSPS) is 14.1. The maximum Gasteiger partial charge on any atom is 0.173 e. The van der Waals surface area contributed by atoms with E-state index in [4.69, 9.17) is 0 Å². The first-order valence-electron chi connectivity index (χ1n) is 4.97. The van der Waals surface area contributed by atoms with E-state index in [-0.39, 0.29) is 0 Å². The summed E-state index contributed by atoms with van der Waals surface area (Å²) in [7, 11) is 0. The number of nitrogens with one attached hydrogen (secondary N) is 1. The SMILES string of the molecule is C1=NC(c2cccc(-c3ncc[nH]3)n2)=NC1. The van der Waals surface area contributed by atoms with Gasteiger partial charge in [-0.25, -0.2) is 15.0 Å². The number of amidine groups is 1. The molecule has 0 aromatic carbocycles. The third kappa shape index (κ3) is 1.52. The summed E-state index contributed by atoms with van der Waals surface area (Å²) >= 11 is 0. The summed E-state index contributed by atoms with van der Waals surface area (Å²) in [5.41, 5.74) is 1.58. The van der Waals surface area contributed by atoms with E-state index in [1.807, 2.05) is 18.2 Å². The Labute approximate surface area is 92.0 Å². The molecule has 0 amide bonds. The fourth-order valence-corrected chi connectivity index (χ4v) is 1.54. The molecular formula is C11H9N5. The van der Waals surface area contributed by atoms with Crippen LogP contribution in [-0.4, -0.2) is 33.5 Å². The highest BCUT2D eigenvalue weighted by Crippen LogP contribution is 2.13. The lowest BCUT2D eigenvalue weighted by Gasteiger charge is -2.00. The largest absolute Gasteiger partial charge is 0.343 e. The second-order valence-corrected chi connectivity index (χ2v) is 3.32. The molecule has 0 atom stereocenters. The maximum atomic E-state index is 4.46. The molecule has 1 aliphatic rings. The fraction of sp³-hybridized carbons (Fsp3) is 0.0909. The first-order chi connectivity index (χ1) is 7.93. The van der Waals surface area contributed by atoms with Crippen molar-refractivity contribution in [2.45, 2.75) is 0 Å². The van der Waals surface area contributed by atoms with Crippen molar-refractivity contribution in [1.82, 2.24) is 15.0 Å². The molecule has 2 aromatic rings. The predicted octanol–water partition coefficient (Wildman–Crippen LogP) is 1.30. The highest BCUT2D eigenvalue weighted by Gasteiger charge is 2.08. The monoisotopic (exact) mass is 211 g/mol. The van der Waals surface area contributed by atoms with Gasteiger partial charge in [-0.15, -0.1) is 0 Å². The van der Waals surface area contributed by atoms with Crippen LogP contribution in [-0.2, 0) is 0 Å². The topological polar surface area (TPSA) is 66.3 Å². The number of rotatable bonds is 2. The standard InChI is InChI=1S/C11H9N5/c1-2-8(10-12-4-5-13-10)16-9(3-1)11-14-6-7-15-11/h1-6H,7H2,(H,12,13). The lowest BCUT2D eigenvalue weighted by atomic mass is 10.3. The van der Waals surface area contributed by atoms with Crippen molar-refractivity contribution in [2.24, 2.45) is 9.98 Å². The van der Waals surface area contributed by atoms with Crippen LogP contribution in [0.15, 0.2) is 40.6 Å². The molecule has 2 aromatic heterocycles. The van der Waals surface area contributed by atoms with Gasteiger partial charge >= 0.3 is 0 Å². The van der Waals surface area contributed by atoms with E-state index in [0.717, 1.165) is 17.2 Å². The highest BCUT2D eigenvalue weighted by molar-refractivity contribution is 6.05. The summed E-state index contributed by atoms with van der Waals surface area (Å²) in [6, 6.07) is 5.73. The van der Waals surface area contributed by atoms with Crippen LogP contribution in [0.1, 0.15) is 5.69 Å². The summed E-state index contributed by atoms with van der Waals surface area (Å²) in [6.45, 7) is 0.641. The molecular weight excluding hydrogens is 202 g/mol. The zero-order valence-corrected chi connectivity index (χ0v) is 8.46. The van der Waals surface area contributed by atoms with Crippen LogP contribution < -0.4 is 0 Å². The zero-order valence-electron chi connectivity index (χ0n) is 8.46. The van der Waals surface area contributed by atoms with Crippen molar-refractivity contribution < 1.29 is 0 Å². The number of aromatic amines is 1. The highest BCUT2D eigenvalue weighted by atomic mass is 15.0. The van der Waals surface area contributed by atoms with Gasteiger partial charge in [0.25, 0.3) is 0 Å². The molecule has 0 fully saturated rings. The number of hydrogen-bond donors (Lipinski definition) is 1. The molecule has 1 N–H and O–H groups in total. The van der Waals surface area contributed by atoms with E-state index in [2.05, 4.69) is 24.9 Å². The van der Waals surface area contributed by atoms with Gasteiger partial charge in [-0.05, 0) is 12.1 Å². The van der Waals surface area contributed by atoms with Crippen molar-refractivity contribution >= 4 is 12.1 Å². The van der Waals surface area contributed by atoms with Gasteiger partial charge in [0.2, 0.25) is 0 Å². The number of aliphatic imine (C=N–C) groups is 2. The maximum absolute atomic E-state index is 4.46. The zero-order chi connectivity index (χ0) is 10.8. The second kappa shape index (κ2) is 3.69. The minimum atomic E-state index is 0.641. The first kappa shape index (κ1) is 8.96. The van der Waals surface area contributed by atoms with Gasteiger partial charge in [-0.1, -0.05) is 6.07 Å². The van der Waals surface area contributed by atoms with Crippen LogP contribution in [0.4, 0.5) is 0 Å². The van der Waals surface area contributed by atoms with Gasteiger partial charge in [-0.2, -0.15) is 0 Å². The summed E-state index contributed by atoms with van der Waals surface area (Å²) in [5.74, 6) is 1.44. The lowest BCUT2D eigenvalue weighted by Crippen LogP contribution is -1.99. The van der Waals surface area contributed by atoms with E-state index in [9.17, 15) is 0 Å². The van der Waals surface area contributed by atoms with Crippen LogP contribution in [0.25, 0.3) is 11.5 Å². The number of imidazole rings is 1. The molecule has 0 saturated carbocycles. The third-order valence-corrected chi connectivity index (χ3v) is 2.26. The van der Waals surface area contributed by atoms with E-state index < -0.39 is 0 Å². The van der Waals surface area contributed by atoms with Gasteiger partial charge in [0.05, 0.1) is 6.54 Å². The number of hydrogen-bond acceptors (Lipinski definition) is 4. The van der Waals surface area contributed by atoms with Crippen molar-refractivity contribution in [1.29, 1.82) is 0 Å². The molecule has 3 rings (SSSR count). The van der Waals surface area contributed by atoms with Crippen LogP contribution in [0, 0.1) is 0 Å². The summed E-state index contributed by atoms with van der Waals surface area (Å²) < 4.78 is 0. The van der Waals surface area contributed by atoms with Crippen LogP contribution in [0.2, 0.25) is 0 Å². The van der Waals surface area contributed by atoms with Gasteiger partial charge in [0, 0.05) is 18.6 Å². The minimum Gasteiger partial charge on any atom is -0.343 e. The molecule has 5 nitrogen and oxygen atoms in total. The second-order valence-electron chi connectivity index (χ2n) is 3.32. The predicted molar refractivity (Wildman–Crippen MR) is 61.7 cm³/mol. The molecule has 0 unspecified atom stereocenters. The fourth-order valence-electron chi connectivity index (χ4n) is 1.54. The number of nitrogens with zero attached hydrogens (tertiary/aromatic N) is 4. The summed E-state index contributed by atoms with van der Waals surface area (Å²) in [5, 5.41) is 0. The van der Waals surface area contributed by atoms with E-state index in [0.29, 0.717) is 12.4 Å².